The molecule has 0 aromatic heterocycles. The van der Waals surface area contributed by atoms with E-state index in [4.69, 9.17) is 4.74 Å². The zero-order chi connectivity index (χ0) is 8.55. The molecule has 1 aliphatic rings. The fraction of sp³-hybridized carbons (Fsp3) is 0.250. The predicted octanol–water partition coefficient (Wildman–Crippen LogP) is 2.56. The summed E-state index contributed by atoms with van der Waals surface area (Å²) in [6.45, 7) is 0. The lowest BCUT2D eigenvalue weighted by molar-refractivity contribution is 0.392. The van der Waals surface area contributed by atoms with E-state index in [1.165, 1.54) is 0 Å². The first kappa shape index (κ1) is 8.13. The van der Waals surface area contributed by atoms with Crippen molar-refractivity contribution in [3.8, 4) is 11.5 Å². The number of hydrogen-bond acceptors (Lipinski definition) is 4. The lowest BCUT2D eigenvalue weighted by Crippen LogP contribution is -1.82. The van der Waals surface area contributed by atoms with Crippen molar-refractivity contribution < 1.29 is 9.84 Å². The summed E-state index contributed by atoms with van der Waals surface area (Å²) in [4.78, 5) is 2.00. The van der Waals surface area contributed by atoms with Gasteiger partial charge in [0.15, 0.2) is 0 Å². The Morgan fingerprint density at radius 3 is 3.17 bits per heavy atom. The average molecular weight is 200 g/mol. The van der Waals surface area contributed by atoms with Gasteiger partial charge in [-0.1, -0.05) is 11.8 Å². The van der Waals surface area contributed by atoms with Crippen LogP contribution < -0.4 is 4.74 Å². The number of rotatable bonds is 1. The third kappa shape index (κ3) is 1.15. The Kier molecular flexibility index (Phi) is 2.11. The monoisotopic (exact) mass is 200 g/mol. The molecular weight excluding hydrogens is 192 g/mol. The first-order chi connectivity index (χ1) is 5.83. The van der Waals surface area contributed by atoms with Crippen LogP contribution in [0, 0.1) is 0 Å². The highest BCUT2D eigenvalue weighted by molar-refractivity contribution is 8.02. The standard InChI is InChI=1S/C8H8O2S2/c1-11-7-5(9)2-3-6-8(7)12-4-10-6/h2-3,9H,4H2,1H3. The van der Waals surface area contributed by atoms with Crippen LogP contribution in [-0.4, -0.2) is 17.3 Å². The van der Waals surface area contributed by atoms with Crippen LogP contribution in [0.2, 0.25) is 0 Å². The van der Waals surface area contributed by atoms with Crippen molar-refractivity contribution in [1.29, 1.82) is 0 Å². The number of aromatic hydroxyl groups is 1. The number of thioether (sulfide) groups is 2. The zero-order valence-corrected chi connectivity index (χ0v) is 8.17. The highest BCUT2D eigenvalue weighted by Crippen LogP contribution is 2.46. The lowest BCUT2D eigenvalue weighted by atomic mass is 10.3. The topological polar surface area (TPSA) is 29.5 Å². The average Bonchev–Trinajstić information content (AvgIpc) is 2.52. The maximum Gasteiger partial charge on any atom is 0.138 e. The molecular formula is C8H8O2S2. The number of fused-ring (bicyclic) bond motifs is 1. The van der Waals surface area contributed by atoms with Gasteiger partial charge in [-0.2, -0.15) is 0 Å². The van der Waals surface area contributed by atoms with E-state index in [1.807, 2.05) is 12.3 Å². The van der Waals surface area contributed by atoms with Crippen LogP contribution in [0.1, 0.15) is 0 Å². The molecule has 1 aromatic carbocycles. The smallest absolute Gasteiger partial charge is 0.138 e. The summed E-state index contributed by atoms with van der Waals surface area (Å²) < 4.78 is 5.33. The molecule has 64 valence electrons. The number of phenolic OH excluding ortho intramolecular Hbond substituents is 1. The van der Waals surface area contributed by atoms with Gasteiger partial charge in [-0.15, -0.1) is 11.8 Å². The maximum absolute atomic E-state index is 9.48. The Balaban J connectivity index is 2.57. The van der Waals surface area contributed by atoms with E-state index in [1.54, 1.807) is 29.6 Å². The highest BCUT2D eigenvalue weighted by atomic mass is 32.2. The van der Waals surface area contributed by atoms with Crippen LogP contribution in [0.5, 0.6) is 11.5 Å². The SMILES string of the molecule is CSc1c(O)ccc2c1SCO2. The van der Waals surface area contributed by atoms with Gasteiger partial charge in [0, 0.05) is 0 Å². The Labute approximate surface area is 79.3 Å². The van der Waals surface area contributed by atoms with Crippen LogP contribution in [0.15, 0.2) is 21.9 Å². The molecule has 0 radical (unpaired) electrons. The molecule has 12 heavy (non-hydrogen) atoms. The number of benzene rings is 1. The van der Waals surface area contributed by atoms with E-state index in [9.17, 15) is 5.11 Å². The third-order valence-electron chi connectivity index (χ3n) is 1.68. The lowest BCUT2D eigenvalue weighted by Gasteiger charge is -2.04. The second kappa shape index (κ2) is 3.11. The molecule has 1 aliphatic heterocycles. The Bertz CT molecular complexity index is 312. The molecule has 2 nitrogen and oxygen atoms in total. The molecule has 1 heterocycles. The van der Waals surface area contributed by atoms with Gasteiger partial charge in [0.1, 0.15) is 17.4 Å². The van der Waals surface area contributed by atoms with E-state index in [-0.39, 0.29) is 0 Å². The van der Waals surface area contributed by atoms with Gasteiger partial charge < -0.3 is 9.84 Å². The molecule has 0 amide bonds. The number of phenols is 1. The van der Waals surface area contributed by atoms with E-state index >= 15 is 0 Å². The highest BCUT2D eigenvalue weighted by Gasteiger charge is 2.18. The molecule has 0 unspecified atom stereocenters. The summed E-state index contributed by atoms with van der Waals surface area (Å²) in [6.07, 6.45) is 1.95. The molecule has 0 bridgehead atoms. The fourth-order valence-corrected chi connectivity index (χ4v) is 2.93. The molecule has 2 rings (SSSR count). The summed E-state index contributed by atoms with van der Waals surface area (Å²) in [5.74, 6) is 1.90. The first-order valence-corrected chi connectivity index (χ1v) is 5.69. The molecule has 4 heteroatoms. The van der Waals surface area contributed by atoms with Gasteiger partial charge in [0.25, 0.3) is 0 Å². The minimum Gasteiger partial charge on any atom is -0.507 e. The van der Waals surface area contributed by atoms with Gasteiger partial charge in [-0.3, -0.25) is 0 Å². The molecule has 0 spiro atoms. The van der Waals surface area contributed by atoms with Crippen molar-refractivity contribution in [3.05, 3.63) is 12.1 Å². The maximum atomic E-state index is 9.48. The van der Waals surface area contributed by atoms with Crippen molar-refractivity contribution in [3.63, 3.8) is 0 Å². The number of hydrogen-bond donors (Lipinski definition) is 1. The van der Waals surface area contributed by atoms with Gasteiger partial charge in [0.2, 0.25) is 0 Å². The van der Waals surface area contributed by atoms with Crippen LogP contribution in [0.25, 0.3) is 0 Å². The fourth-order valence-electron chi connectivity index (χ4n) is 1.13. The molecule has 0 saturated heterocycles. The second-order valence-electron chi connectivity index (χ2n) is 2.35. The predicted molar refractivity (Wildman–Crippen MR) is 51.2 cm³/mol. The van der Waals surface area contributed by atoms with Gasteiger partial charge in [-0.05, 0) is 18.4 Å². The van der Waals surface area contributed by atoms with E-state index < -0.39 is 0 Å². The Hall–Kier alpha value is -0.480. The second-order valence-corrected chi connectivity index (χ2v) is 4.10. The number of ether oxygens (including phenoxy) is 1. The molecule has 1 aromatic rings. The van der Waals surface area contributed by atoms with Gasteiger partial charge >= 0.3 is 0 Å². The van der Waals surface area contributed by atoms with Crippen LogP contribution in [-0.2, 0) is 0 Å². The van der Waals surface area contributed by atoms with Crippen molar-refractivity contribution in [2.24, 2.45) is 0 Å². The van der Waals surface area contributed by atoms with E-state index in [0.717, 1.165) is 15.5 Å². The van der Waals surface area contributed by atoms with E-state index in [0.29, 0.717) is 11.7 Å². The minimum absolute atomic E-state index is 0.347. The molecule has 0 atom stereocenters. The Morgan fingerprint density at radius 1 is 1.58 bits per heavy atom. The van der Waals surface area contributed by atoms with Gasteiger partial charge in [0.05, 0.1) is 9.79 Å². The van der Waals surface area contributed by atoms with Crippen LogP contribution >= 0.6 is 23.5 Å². The Morgan fingerprint density at radius 2 is 2.42 bits per heavy atom. The van der Waals surface area contributed by atoms with Crippen molar-refractivity contribution in [2.75, 3.05) is 12.2 Å². The summed E-state index contributed by atoms with van der Waals surface area (Å²) in [6, 6.07) is 3.49. The molecule has 1 N–H and O–H groups in total. The quantitative estimate of drug-likeness (QED) is 0.705. The normalized spacial score (nSPS) is 14.1. The largest absolute Gasteiger partial charge is 0.507 e. The van der Waals surface area contributed by atoms with Crippen molar-refractivity contribution in [2.45, 2.75) is 9.79 Å². The molecule has 0 aliphatic carbocycles. The van der Waals surface area contributed by atoms with Crippen molar-refractivity contribution >= 4 is 23.5 Å². The summed E-state index contributed by atoms with van der Waals surface area (Å²) in [7, 11) is 0. The van der Waals surface area contributed by atoms with Gasteiger partial charge in [-0.25, -0.2) is 0 Å². The first-order valence-electron chi connectivity index (χ1n) is 3.48. The summed E-state index contributed by atoms with van der Waals surface area (Å²) in [5.41, 5.74) is 0. The van der Waals surface area contributed by atoms with Crippen LogP contribution in [0.4, 0.5) is 0 Å². The zero-order valence-electron chi connectivity index (χ0n) is 6.53. The third-order valence-corrected chi connectivity index (χ3v) is 3.56. The minimum atomic E-state index is 0.347. The van der Waals surface area contributed by atoms with Crippen molar-refractivity contribution in [1.82, 2.24) is 0 Å². The van der Waals surface area contributed by atoms with Crippen LogP contribution in [0.3, 0.4) is 0 Å². The van der Waals surface area contributed by atoms with E-state index in [2.05, 4.69) is 0 Å². The summed E-state index contributed by atoms with van der Waals surface area (Å²) in [5, 5.41) is 9.48. The summed E-state index contributed by atoms with van der Waals surface area (Å²) >= 11 is 3.18. The molecule has 0 fully saturated rings. The molecule has 0 saturated carbocycles.